The van der Waals surface area contributed by atoms with E-state index in [1.807, 2.05) is 40.9 Å². The van der Waals surface area contributed by atoms with Crippen LogP contribution in [-0.2, 0) is 4.79 Å². The molecule has 0 amide bonds. The Morgan fingerprint density at radius 1 is 1.31 bits per heavy atom. The number of pyridine rings is 1. The van der Waals surface area contributed by atoms with Crippen molar-refractivity contribution >= 4 is 11.8 Å². The van der Waals surface area contributed by atoms with Crippen LogP contribution < -0.4 is 5.73 Å². The van der Waals surface area contributed by atoms with E-state index >= 15 is 0 Å². The zero-order valence-corrected chi connectivity index (χ0v) is 7.05. The van der Waals surface area contributed by atoms with Crippen molar-refractivity contribution in [3.63, 3.8) is 0 Å². The molecule has 0 aromatic carbocycles. The molecule has 13 heavy (non-hydrogen) atoms. The SMILES string of the molecule is N[C@H](C=O)c1ccc2ccccn12. The average Bonchev–Trinajstić information content (AvgIpc) is 2.60. The number of hydrogen-bond acceptors (Lipinski definition) is 2. The molecule has 3 heteroatoms. The van der Waals surface area contributed by atoms with Gasteiger partial charge in [-0.15, -0.1) is 0 Å². The predicted molar refractivity (Wildman–Crippen MR) is 50.4 cm³/mol. The van der Waals surface area contributed by atoms with Crippen LogP contribution in [0.2, 0.25) is 0 Å². The molecule has 2 N–H and O–H groups in total. The lowest BCUT2D eigenvalue weighted by Crippen LogP contribution is -2.13. The monoisotopic (exact) mass is 174 g/mol. The van der Waals surface area contributed by atoms with E-state index in [9.17, 15) is 4.79 Å². The Balaban J connectivity index is 2.64. The van der Waals surface area contributed by atoms with Gasteiger partial charge in [0.05, 0.1) is 0 Å². The molecule has 0 bridgehead atoms. The molecule has 0 fully saturated rings. The van der Waals surface area contributed by atoms with Gasteiger partial charge in [0.1, 0.15) is 12.3 Å². The maximum atomic E-state index is 10.5. The standard InChI is InChI=1S/C10H10N2O/c11-9(7-13)10-5-4-8-3-1-2-6-12(8)10/h1-7,9H,11H2/t9-/m1/s1. The van der Waals surface area contributed by atoms with Crippen molar-refractivity contribution in [1.82, 2.24) is 4.40 Å². The molecule has 0 spiro atoms. The number of carbonyl (C=O) groups is 1. The number of nitrogens with zero attached hydrogens (tertiary/aromatic N) is 1. The second-order valence-electron chi connectivity index (χ2n) is 2.92. The van der Waals surface area contributed by atoms with Crippen molar-refractivity contribution in [3.8, 4) is 0 Å². The highest BCUT2D eigenvalue weighted by Crippen LogP contribution is 2.13. The quantitative estimate of drug-likeness (QED) is 0.694. The topological polar surface area (TPSA) is 47.5 Å². The summed E-state index contributed by atoms with van der Waals surface area (Å²) < 4.78 is 1.92. The van der Waals surface area contributed by atoms with E-state index in [1.54, 1.807) is 0 Å². The summed E-state index contributed by atoms with van der Waals surface area (Å²) in [6.45, 7) is 0. The number of hydrogen-bond donors (Lipinski definition) is 1. The summed E-state index contributed by atoms with van der Waals surface area (Å²) in [4.78, 5) is 10.5. The summed E-state index contributed by atoms with van der Waals surface area (Å²) >= 11 is 0. The van der Waals surface area contributed by atoms with Gasteiger partial charge >= 0.3 is 0 Å². The second-order valence-corrected chi connectivity index (χ2v) is 2.92. The number of nitrogens with two attached hydrogens (primary N) is 1. The van der Waals surface area contributed by atoms with Gasteiger partial charge in [0, 0.05) is 17.4 Å². The lowest BCUT2D eigenvalue weighted by Gasteiger charge is -2.04. The van der Waals surface area contributed by atoms with Crippen LogP contribution in [0.15, 0.2) is 36.5 Å². The zero-order valence-electron chi connectivity index (χ0n) is 7.05. The summed E-state index contributed by atoms with van der Waals surface area (Å²) in [7, 11) is 0. The molecular formula is C10H10N2O. The van der Waals surface area contributed by atoms with Gasteiger partial charge in [-0.05, 0) is 24.3 Å². The average molecular weight is 174 g/mol. The van der Waals surface area contributed by atoms with Crippen LogP contribution in [0.5, 0.6) is 0 Å². The molecule has 0 saturated carbocycles. The fourth-order valence-corrected chi connectivity index (χ4v) is 1.42. The Hall–Kier alpha value is -1.61. The molecular weight excluding hydrogens is 164 g/mol. The van der Waals surface area contributed by atoms with Gasteiger partial charge in [-0.25, -0.2) is 0 Å². The lowest BCUT2D eigenvalue weighted by molar-refractivity contribution is -0.109. The molecule has 0 aliphatic heterocycles. The van der Waals surface area contributed by atoms with Gasteiger partial charge < -0.3 is 14.9 Å². The van der Waals surface area contributed by atoms with Crippen LogP contribution in [0.1, 0.15) is 11.7 Å². The van der Waals surface area contributed by atoms with E-state index in [0.717, 1.165) is 17.5 Å². The first-order valence-electron chi connectivity index (χ1n) is 4.10. The molecule has 2 heterocycles. The zero-order chi connectivity index (χ0) is 9.26. The molecule has 66 valence electrons. The maximum Gasteiger partial charge on any atom is 0.142 e. The fraction of sp³-hybridized carbons (Fsp3) is 0.100. The molecule has 0 aliphatic carbocycles. The van der Waals surface area contributed by atoms with Crippen LogP contribution in [0.4, 0.5) is 0 Å². The van der Waals surface area contributed by atoms with E-state index in [1.165, 1.54) is 0 Å². The normalized spacial score (nSPS) is 13.0. The van der Waals surface area contributed by atoms with Crippen molar-refractivity contribution in [2.75, 3.05) is 0 Å². The van der Waals surface area contributed by atoms with Crippen LogP contribution in [-0.4, -0.2) is 10.7 Å². The Bertz CT molecular complexity index is 433. The highest BCUT2D eigenvalue weighted by atomic mass is 16.1. The van der Waals surface area contributed by atoms with Gasteiger partial charge in [0.25, 0.3) is 0 Å². The van der Waals surface area contributed by atoms with Crippen LogP contribution in [0, 0.1) is 0 Å². The molecule has 3 nitrogen and oxygen atoms in total. The van der Waals surface area contributed by atoms with Gasteiger partial charge in [-0.2, -0.15) is 0 Å². The summed E-state index contributed by atoms with van der Waals surface area (Å²) in [6, 6.07) is 9.11. The molecule has 1 atom stereocenters. The predicted octanol–water partition coefficient (Wildman–Crippen LogP) is 1.14. The summed E-state index contributed by atoms with van der Waals surface area (Å²) in [5, 5.41) is 0. The van der Waals surface area contributed by atoms with E-state index in [2.05, 4.69) is 0 Å². The minimum atomic E-state index is -0.537. The van der Waals surface area contributed by atoms with Crippen LogP contribution in [0.3, 0.4) is 0 Å². The first-order chi connectivity index (χ1) is 6.33. The van der Waals surface area contributed by atoms with Gasteiger partial charge in [0.2, 0.25) is 0 Å². The first kappa shape index (κ1) is 8.01. The summed E-state index contributed by atoms with van der Waals surface area (Å²) in [5.74, 6) is 0. The Morgan fingerprint density at radius 2 is 2.15 bits per heavy atom. The lowest BCUT2D eigenvalue weighted by atomic mass is 10.2. The summed E-state index contributed by atoms with van der Waals surface area (Å²) in [5.41, 5.74) is 7.49. The van der Waals surface area contributed by atoms with Gasteiger partial charge in [0.15, 0.2) is 0 Å². The van der Waals surface area contributed by atoms with Crippen molar-refractivity contribution in [3.05, 3.63) is 42.2 Å². The minimum absolute atomic E-state index is 0.537. The smallest absolute Gasteiger partial charge is 0.142 e. The largest absolute Gasteiger partial charge is 0.319 e. The number of carbonyl (C=O) groups excluding carboxylic acids is 1. The second kappa shape index (κ2) is 3.03. The number of aldehydes is 1. The molecule has 2 aromatic heterocycles. The molecule has 2 aromatic rings. The Kier molecular flexibility index (Phi) is 1.87. The van der Waals surface area contributed by atoms with E-state index < -0.39 is 6.04 Å². The van der Waals surface area contributed by atoms with Crippen molar-refractivity contribution < 1.29 is 4.79 Å². The molecule has 2 rings (SSSR count). The third kappa shape index (κ3) is 1.23. The van der Waals surface area contributed by atoms with Crippen molar-refractivity contribution in [2.45, 2.75) is 6.04 Å². The number of fused-ring (bicyclic) bond motifs is 1. The molecule has 0 unspecified atom stereocenters. The van der Waals surface area contributed by atoms with Gasteiger partial charge in [-0.3, -0.25) is 0 Å². The maximum absolute atomic E-state index is 10.5. The molecule has 0 aliphatic rings. The summed E-state index contributed by atoms with van der Waals surface area (Å²) in [6.07, 6.45) is 2.64. The van der Waals surface area contributed by atoms with E-state index in [-0.39, 0.29) is 0 Å². The highest BCUT2D eigenvalue weighted by molar-refractivity contribution is 5.62. The molecule has 0 saturated heterocycles. The van der Waals surface area contributed by atoms with Crippen molar-refractivity contribution in [1.29, 1.82) is 0 Å². The van der Waals surface area contributed by atoms with Crippen LogP contribution >= 0.6 is 0 Å². The minimum Gasteiger partial charge on any atom is -0.319 e. The number of rotatable bonds is 2. The fourth-order valence-electron chi connectivity index (χ4n) is 1.42. The van der Waals surface area contributed by atoms with E-state index in [4.69, 9.17) is 5.73 Å². The first-order valence-corrected chi connectivity index (χ1v) is 4.10. The Morgan fingerprint density at radius 3 is 2.92 bits per heavy atom. The van der Waals surface area contributed by atoms with Gasteiger partial charge in [-0.1, -0.05) is 6.07 Å². The number of aromatic nitrogens is 1. The molecule has 0 radical (unpaired) electrons. The highest BCUT2D eigenvalue weighted by Gasteiger charge is 2.07. The third-order valence-corrected chi connectivity index (χ3v) is 2.08. The van der Waals surface area contributed by atoms with Crippen molar-refractivity contribution in [2.24, 2.45) is 5.73 Å². The Labute approximate surface area is 75.8 Å². The van der Waals surface area contributed by atoms with Crippen LogP contribution in [0.25, 0.3) is 5.52 Å². The third-order valence-electron chi connectivity index (χ3n) is 2.08. The van der Waals surface area contributed by atoms with E-state index in [0.29, 0.717) is 0 Å².